The summed E-state index contributed by atoms with van der Waals surface area (Å²) in [6.45, 7) is 5.63. The topological polar surface area (TPSA) is 23.5 Å². The zero-order valence-electron chi connectivity index (χ0n) is 8.96. The Bertz CT molecular complexity index is 101. The van der Waals surface area contributed by atoms with E-state index in [1.807, 2.05) is 11.8 Å². The Labute approximate surface area is 86.7 Å². The summed E-state index contributed by atoms with van der Waals surface area (Å²) < 4.78 is 0. The van der Waals surface area contributed by atoms with Crippen LogP contribution in [-0.2, 0) is 0 Å². The minimum atomic E-state index is 0.295. The van der Waals surface area contributed by atoms with Crippen molar-refractivity contribution in [3.05, 3.63) is 0 Å². The van der Waals surface area contributed by atoms with Crippen LogP contribution in [0.2, 0.25) is 0 Å². The Kier molecular flexibility index (Phi) is 10.6. The van der Waals surface area contributed by atoms with Gasteiger partial charge in [-0.3, -0.25) is 0 Å². The quantitative estimate of drug-likeness (QED) is 0.581. The van der Waals surface area contributed by atoms with E-state index in [1.165, 1.54) is 25.0 Å². The molecule has 0 bridgehead atoms. The molecule has 0 aliphatic heterocycles. The average Bonchev–Trinajstić information content (AvgIpc) is 2.14. The molecule has 0 aliphatic carbocycles. The van der Waals surface area contributed by atoms with Crippen LogP contribution < -0.4 is 0 Å². The van der Waals surface area contributed by atoms with E-state index in [9.17, 15) is 0 Å². The third-order valence-electron chi connectivity index (χ3n) is 2.07. The Morgan fingerprint density at radius 2 is 1.85 bits per heavy atom. The van der Waals surface area contributed by atoms with Crippen LogP contribution in [0.25, 0.3) is 0 Å². The largest absolute Gasteiger partial charge is 0.395 e. The fourth-order valence-electron chi connectivity index (χ4n) is 1.29. The maximum Gasteiger partial charge on any atom is 0.0558 e. The highest BCUT2D eigenvalue weighted by Gasteiger charge is 2.02. The van der Waals surface area contributed by atoms with Gasteiger partial charge in [0.15, 0.2) is 0 Å². The number of aliphatic hydroxyl groups is 1. The molecule has 0 amide bonds. The zero-order chi connectivity index (χ0) is 9.94. The van der Waals surface area contributed by atoms with Crippen molar-refractivity contribution in [1.82, 2.24) is 4.90 Å². The number of nitrogens with zero attached hydrogens (tertiary/aromatic N) is 1. The van der Waals surface area contributed by atoms with Crippen molar-refractivity contribution >= 4 is 11.8 Å². The van der Waals surface area contributed by atoms with Gasteiger partial charge in [-0.25, -0.2) is 0 Å². The Balaban J connectivity index is 3.41. The molecule has 0 unspecified atom stereocenters. The van der Waals surface area contributed by atoms with E-state index in [0.717, 1.165) is 19.6 Å². The predicted octanol–water partition coefficient (Wildman–Crippen LogP) is 1.83. The highest BCUT2D eigenvalue weighted by molar-refractivity contribution is 7.98. The third kappa shape index (κ3) is 8.60. The molecule has 2 nitrogen and oxygen atoms in total. The minimum absolute atomic E-state index is 0.295. The fraction of sp³-hybridized carbons (Fsp3) is 1.00. The lowest BCUT2D eigenvalue weighted by Gasteiger charge is -2.20. The molecule has 0 aliphatic rings. The second kappa shape index (κ2) is 10.4. The van der Waals surface area contributed by atoms with Gasteiger partial charge in [-0.2, -0.15) is 11.8 Å². The van der Waals surface area contributed by atoms with Gasteiger partial charge in [0.25, 0.3) is 0 Å². The van der Waals surface area contributed by atoms with Gasteiger partial charge < -0.3 is 10.0 Å². The summed E-state index contributed by atoms with van der Waals surface area (Å²) in [7, 11) is 0. The molecule has 80 valence electrons. The van der Waals surface area contributed by atoms with Gasteiger partial charge in [-0.15, -0.1) is 0 Å². The smallest absolute Gasteiger partial charge is 0.0558 e. The second-order valence-corrected chi connectivity index (χ2v) is 4.25. The van der Waals surface area contributed by atoms with Crippen LogP contribution >= 0.6 is 11.8 Å². The van der Waals surface area contributed by atoms with E-state index in [4.69, 9.17) is 5.11 Å². The highest BCUT2D eigenvalue weighted by Crippen LogP contribution is 2.00. The molecule has 0 aromatic heterocycles. The molecule has 1 N–H and O–H groups in total. The third-order valence-corrected chi connectivity index (χ3v) is 2.76. The van der Waals surface area contributed by atoms with Gasteiger partial charge in [-0.05, 0) is 37.9 Å². The van der Waals surface area contributed by atoms with Gasteiger partial charge in [0, 0.05) is 6.54 Å². The van der Waals surface area contributed by atoms with Crippen molar-refractivity contribution in [2.45, 2.75) is 26.2 Å². The molecule has 0 saturated heterocycles. The van der Waals surface area contributed by atoms with E-state index in [1.54, 1.807) is 0 Å². The average molecular weight is 205 g/mol. The summed E-state index contributed by atoms with van der Waals surface area (Å²) in [6, 6.07) is 0. The number of rotatable bonds is 9. The summed E-state index contributed by atoms with van der Waals surface area (Å²) in [4.78, 5) is 2.36. The lowest BCUT2D eigenvalue weighted by Crippen LogP contribution is -2.29. The first-order valence-electron chi connectivity index (χ1n) is 5.17. The Hall–Kier alpha value is 0.270. The molecular weight excluding hydrogens is 182 g/mol. The van der Waals surface area contributed by atoms with Crippen molar-refractivity contribution in [1.29, 1.82) is 0 Å². The van der Waals surface area contributed by atoms with Crippen LogP contribution in [0.15, 0.2) is 0 Å². The molecule has 0 fully saturated rings. The van der Waals surface area contributed by atoms with Gasteiger partial charge in [-0.1, -0.05) is 13.3 Å². The fourth-order valence-corrected chi connectivity index (χ4v) is 1.71. The second-order valence-electron chi connectivity index (χ2n) is 3.27. The molecule has 0 saturated carbocycles. The first-order valence-corrected chi connectivity index (χ1v) is 6.56. The summed E-state index contributed by atoms with van der Waals surface area (Å²) in [5.74, 6) is 1.23. The monoisotopic (exact) mass is 205 g/mol. The van der Waals surface area contributed by atoms with Crippen LogP contribution in [0.1, 0.15) is 26.2 Å². The number of hydrogen-bond donors (Lipinski definition) is 1. The first-order chi connectivity index (χ1) is 6.35. The first kappa shape index (κ1) is 13.3. The standard InChI is InChI=1S/C10H23NOS/c1-3-4-6-11(8-9-12)7-5-10-13-2/h12H,3-10H2,1-2H3. The minimum Gasteiger partial charge on any atom is -0.395 e. The number of unbranched alkanes of at least 4 members (excludes halogenated alkanes) is 1. The summed E-state index contributed by atoms with van der Waals surface area (Å²) in [5.41, 5.74) is 0. The lowest BCUT2D eigenvalue weighted by atomic mass is 10.3. The van der Waals surface area contributed by atoms with Crippen molar-refractivity contribution in [2.24, 2.45) is 0 Å². The van der Waals surface area contributed by atoms with Crippen LogP contribution in [0.4, 0.5) is 0 Å². The lowest BCUT2D eigenvalue weighted by molar-refractivity contribution is 0.194. The van der Waals surface area contributed by atoms with Crippen LogP contribution in [0.5, 0.6) is 0 Å². The number of thioether (sulfide) groups is 1. The maximum atomic E-state index is 8.85. The summed E-state index contributed by atoms with van der Waals surface area (Å²) in [6.07, 6.45) is 5.87. The molecule has 0 aromatic rings. The van der Waals surface area contributed by atoms with Gasteiger partial charge in [0.1, 0.15) is 0 Å². The molecule has 0 rings (SSSR count). The predicted molar refractivity (Wildman–Crippen MR) is 61.4 cm³/mol. The molecule has 13 heavy (non-hydrogen) atoms. The SMILES string of the molecule is CCCCN(CCO)CCCSC. The molecule has 0 atom stereocenters. The van der Waals surface area contributed by atoms with Crippen molar-refractivity contribution in [3.8, 4) is 0 Å². The molecule has 0 spiro atoms. The zero-order valence-corrected chi connectivity index (χ0v) is 9.78. The summed E-state index contributed by atoms with van der Waals surface area (Å²) >= 11 is 1.90. The Morgan fingerprint density at radius 1 is 1.15 bits per heavy atom. The number of hydrogen-bond acceptors (Lipinski definition) is 3. The van der Waals surface area contributed by atoms with E-state index in [-0.39, 0.29) is 0 Å². The molecule has 3 heteroatoms. The van der Waals surface area contributed by atoms with E-state index >= 15 is 0 Å². The van der Waals surface area contributed by atoms with Crippen LogP contribution in [0.3, 0.4) is 0 Å². The highest BCUT2D eigenvalue weighted by atomic mass is 32.2. The molecular formula is C10H23NOS. The van der Waals surface area contributed by atoms with Crippen molar-refractivity contribution in [2.75, 3.05) is 38.2 Å². The molecule has 0 heterocycles. The van der Waals surface area contributed by atoms with Gasteiger partial charge in [0.05, 0.1) is 6.61 Å². The molecule has 0 aromatic carbocycles. The van der Waals surface area contributed by atoms with Crippen LogP contribution in [0, 0.1) is 0 Å². The van der Waals surface area contributed by atoms with Crippen molar-refractivity contribution < 1.29 is 5.11 Å². The maximum absolute atomic E-state index is 8.85. The van der Waals surface area contributed by atoms with Gasteiger partial charge >= 0.3 is 0 Å². The van der Waals surface area contributed by atoms with Crippen molar-refractivity contribution in [3.63, 3.8) is 0 Å². The van der Waals surface area contributed by atoms with E-state index in [0.29, 0.717) is 6.61 Å². The van der Waals surface area contributed by atoms with E-state index < -0.39 is 0 Å². The van der Waals surface area contributed by atoms with Gasteiger partial charge in [0.2, 0.25) is 0 Å². The molecule has 0 radical (unpaired) electrons. The van der Waals surface area contributed by atoms with Crippen LogP contribution in [-0.4, -0.2) is 48.3 Å². The normalized spacial score (nSPS) is 11.1. The number of aliphatic hydroxyl groups excluding tert-OH is 1. The summed E-state index contributed by atoms with van der Waals surface area (Å²) in [5, 5.41) is 8.85. The van der Waals surface area contributed by atoms with E-state index in [2.05, 4.69) is 18.1 Å². The Morgan fingerprint density at radius 3 is 2.38 bits per heavy atom.